The third-order valence-electron chi connectivity index (χ3n) is 10.9. The van der Waals surface area contributed by atoms with Crippen molar-refractivity contribution in [3.8, 4) is 0 Å². The summed E-state index contributed by atoms with van der Waals surface area (Å²) in [6.07, 6.45) is 8.03. The van der Waals surface area contributed by atoms with E-state index in [1.165, 1.54) is 37.5 Å². The SMILES string of the molecule is CC(C=CC1=C(C)CCCC1(C)C)=C/C=C/C(C)=C/C(=O)SCCNC(=O)CCNC(=O)C(O)C(C)(C)COP(=O)(O)OP(=O)(O)OC[C@H]1O[C@@H](n2cnc3c(N)ncnc32)[C@H](O)[C@@H]1OP(=O)(O)O. The minimum Gasteiger partial charge on any atom is -0.386 e. The molecule has 10 N–H and O–H groups in total. The smallest absolute Gasteiger partial charge is 0.386 e. The van der Waals surface area contributed by atoms with Crippen molar-refractivity contribution in [3.05, 3.63) is 71.4 Å². The van der Waals surface area contributed by atoms with Gasteiger partial charge in [-0.05, 0) is 62.7 Å². The van der Waals surface area contributed by atoms with Crippen LogP contribution in [0, 0.1) is 10.8 Å². The van der Waals surface area contributed by atoms with Crippen LogP contribution in [0.4, 0.5) is 5.82 Å². The van der Waals surface area contributed by atoms with Crippen molar-refractivity contribution in [2.45, 2.75) is 105 Å². The highest BCUT2D eigenvalue weighted by atomic mass is 32.2. The molecule has 384 valence electrons. The molecule has 1 aliphatic heterocycles. The van der Waals surface area contributed by atoms with Gasteiger partial charge in [0.05, 0.1) is 19.5 Å². The molecule has 24 nitrogen and oxygen atoms in total. The molecule has 0 bridgehead atoms. The first-order chi connectivity index (χ1) is 32.0. The van der Waals surface area contributed by atoms with Gasteiger partial charge in [-0.25, -0.2) is 28.6 Å². The van der Waals surface area contributed by atoms with E-state index in [-0.39, 0.29) is 52.8 Å². The topological polar surface area (TPSA) is 364 Å². The Balaban J connectivity index is 1.16. The molecule has 2 aromatic heterocycles. The Morgan fingerprint density at radius 3 is 2.42 bits per heavy atom. The van der Waals surface area contributed by atoms with Crippen LogP contribution < -0.4 is 16.4 Å². The number of fused-ring (bicyclic) bond motifs is 1. The number of carbonyl (C=O) groups is 3. The fourth-order valence-corrected chi connectivity index (χ4v) is 10.7. The quantitative estimate of drug-likeness (QED) is 0.0308. The minimum atomic E-state index is -5.59. The van der Waals surface area contributed by atoms with E-state index in [2.05, 4.69) is 67.3 Å². The average molecular weight is 1050 g/mol. The van der Waals surface area contributed by atoms with Crippen molar-refractivity contribution in [2.75, 3.05) is 37.8 Å². The van der Waals surface area contributed by atoms with Gasteiger partial charge in [-0.2, -0.15) is 4.31 Å². The number of allylic oxidation sites excluding steroid dienone is 9. The number of nitrogens with zero attached hydrogens (tertiary/aromatic N) is 4. The van der Waals surface area contributed by atoms with Crippen LogP contribution in [-0.2, 0) is 50.7 Å². The molecule has 3 heterocycles. The number of ether oxygens (including phenoxy) is 1. The Hall–Kier alpha value is -3.74. The molecule has 2 amide bonds. The predicted octanol–water partition coefficient (Wildman–Crippen LogP) is 4.20. The molecule has 2 aromatic rings. The normalized spacial score (nSPS) is 22.8. The third-order valence-corrected chi connectivity index (χ3v) is 14.8. The number of thioether (sulfide) groups is 1. The lowest BCUT2D eigenvalue weighted by Crippen LogP contribution is -2.46. The Labute approximate surface area is 403 Å². The van der Waals surface area contributed by atoms with Crippen LogP contribution in [-0.4, -0.2) is 123 Å². The van der Waals surface area contributed by atoms with Crippen LogP contribution >= 0.6 is 35.2 Å². The van der Waals surface area contributed by atoms with E-state index >= 15 is 0 Å². The zero-order valence-corrected chi connectivity index (χ0v) is 42.7. The second-order valence-electron chi connectivity index (χ2n) is 17.7. The number of nitrogen functional groups attached to an aromatic ring is 1. The molecule has 1 saturated heterocycles. The number of hydrogen-bond donors (Lipinski definition) is 9. The summed E-state index contributed by atoms with van der Waals surface area (Å²) in [6, 6.07) is 0. The van der Waals surface area contributed by atoms with Crippen LogP contribution in [0.25, 0.3) is 11.2 Å². The predicted molar refractivity (Wildman–Crippen MR) is 253 cm³/mol. The highest BCUT2D eigenvalue weighted by molar-refractivity contribution is 8.14. The highest BCUT2D eigenvalue weighted by Crippen LogP contribution is 2.61. The summed E-state index contributed by atoms with van der Waals surface area (Å²) in [5, 5.41) is 26.4. The molecule has 7 atom stereocenters. The Bertz CT molecular complexity index is 2490. The van der Waals surface area contributed by atoms with Gasteiger partial charge in [-0.1, -0.05) is 81.0 Å². The lowest BCUT2D eigenvalue weighted by Gasteiger charge is -2.32. The zero-order chi connectivity index (χ0) is 51.5. The Morgan fingerprint density at radius 1 is 1.04 bits per heavy atom. The van der Waals surface area contributed by atoms with E-state index in [0.29, 0.717) is 0 Å². The van der Waals surface area contributed by atoms with E-state index in [1.54, 1.807) is 0 Å². The van der Waals surface area contributed by atoms with Crippen molar-refractivity contribution in [1.82, 2.24) is 30.2 Å². The van der Waals surface area contributed by atoms with E-state index in [4.69, 9.17) is 19.5 Å². The summed E-state index contributed by atoms with van der Waals surface area (Å²) in [5.74, 6) is -1.20. The van der Waals surface area contributed by atoms with Crippen molar-refractivity contribution < 1.29 is 80.5 Å². The maximum atomic E-state index is 12.8. The summed E-state index contributed by atoms with van der Waals surface area (Å²) >= 11 is 1.02. The van der Waals surface area contributed by atoms with Crippen LogP contribution in [0.5, 0.6) is 0 Å². The van der Waals surface area contributed by atoms with Gasteiger partial charge in [0, 0.05) is 30.7 Å². The fraction of sp³-hybridized carbons (Fsp3) is 0.561. The van der Waals surface area contributed by atoms with Gasteiger partial charge < -0.3 is 50.9 Å². The maximum absolute atomic E-state index is 12.8. The Kier molecular flexibility index (Phi) is 20.6. The van der Waals surface area contributed by atoms with E-state index in [0.717, 1.165) is 53.0 Å². The maximum Gasteiger partial charge on any atom is 0.481 e. The molecule has 0 saturated carbocycles. The number of anilines is 1. The number of aromatic nitrogens is 4. The average Bonchev–Trinajstić information content (AvgIpc) is 3.80. The fourth-order valence-electron chi connectivity index (χ4n) is 7.19. The van der Waals surface area contributed by atoms with Gasteiger partial charge in [0.2, 0.25) is 16.9 Å². The van der Waals surface area contributed by atoms with Gasteiger partial charge >= 0.3 is 23.5 Å². The number of carbonyl (C=O) groups excluding carboxylic acids is 3. The molecule has 1 fully saturated rings. The monoisotopic (exact) mass is 1050 g/mol. The van der Waals surface area contributed by atoms with E-state index in [1.807, 2.05) is 32.1 Å². The number of aliphatic hydroxyl groups excluding tert-OH is 2. The number of amides is 2. The van der Waals surface area contributed by atoms with E-state index in [9.17, 15) is 57.9 Å². The zero-order valence-electron chi connectivity index (χ0n) is 39.2. The molecule has 28 heteroatoms. The summed E-state index contributed by atoms with van der Waals surface area (Å²) < 4.78 is 62.5. The number of hydrogen-bond acceptors (Lipinski definition) is 18. The molecule has 0 radical (unpaired) electrons. The number of imidazole rings is 1. The van der Waals surface area contributed by atoms with Crippen LogP contribution in [0.15, 0.2) is 71.4 Å². The van der Waals surface area contributed by atoms with Crippen LogP contribution in [0.1, 0.15) is 80.4 Å². The number of aliphatic hydroxyl groups is 2. The number of phosphoric acid groups is 3. The number of nitrogens with two attached hydrogens (primary N) is 1. The first-order valence-electron chi connectivity index (χ1n) is 21.5. The van der Waals surface area contributed by atoms with Crippen molar-refractivity contribution in [1.29, 1.82) is 0 Å². The summed E-state index contributed by atoms with van der Waals surface area (Å²) in [5.41, 5.74) is 9.06. The lowest BCUT2D eigenvalue weighted by atomic mass is 9.72. The Morgan fingerprint density at radius 2 is 1.74 bits per heavy atom. The standard InChI is InChI=1S/C41H62N7O17P3S/c1-25(13-14-28-27(3)12-9-16-40(28,4)5)10-8-11-26(2)20-31(50)69-19-18-43-30(49)15-17-44-38(53)35(52)41(6,7)22-62-68(59,60)65-67(57,58)61-21-29-34(64-66(54,55)56)33(51)39(63-29)48-24-47-32-36(42)45-23-46-37(32)48/h8,10-11,13-14,20,23-24,29,33-35,39,51-52H,9,12,15-19,21-22H2,1-7H3,(H,43,49)(H,44,53)(H,57,58)(H,59,60)(H2,42,45,46)(H2,54,55,56)/b11-8+,14-13?,25-10?,26-20+/t29-,33-,34-,35?,39-/m1/s1. The number of nitrogens with one attached hydrogen (secondary N) is 2. The summed E-state index contributed by atoms with van der Waals surface area (Å²) in [7, 11) is -16.4. The number of rotatable bonds is 24. The van der Waals surface area contributed by atoms with Gasteiger partial charge in [0.1, 0.15) is 36.3 Å². The molecule has 69 heavy (non-hydrogen) atoms. The van der Waals surface area contributed by atoms with Crippen molar-refractivity contribution in [3.63, 3.8) is 0 Å². The largest absolute Gasteiger partial charge is 0.481 e. The van der Waals surface area contributed by atoms with E-state index < -0.39 is 84.6 Å². The van der Waals surface area contributed by atoms with Crippen molar-refractivity contribution >= 4 is 69.1 Å². The second kappa shape index (κ2) is 24.6. The highest BCUT2D eigenvalue weighted by Gasteiger charge is 2.50. The van der Waals surface area contributed by atoms with Gasteiger partial charge in [-0.3, -0.25) is 32.5 Å². The molecular weight excluding hydrogens is 987 g/mol. The first-order valence-corrected chi connectivity index (χ1v) is 27.0. The van der Waals surface area contributed by atoms with Gasteiger partial charge in [0.15, 0.2) is 17.7 Å². The minimum absolute atomic E-state index is 0.0282. The lowest BCUT2D eigenvalue weighted by molar-refractivity contribution is -0.137. The molecule has 4 rings (SSSR count). The van der Waals surface area contributed by atoms with Crippen LogP contribution in [0.2, 0.25) is 0 Å². The third kappa shape index (κ3) is 17.8. The molecular formula is C41H62N7O17P3S. The molecule has 3 unspecified atom stereocenters. The summed E-state index contributed by atoms with van der Waals surface area (Å²) in [4.78, 5) is 88.7. The first kappa shape index (κ1) is 57.8. The van der Waals surface area contributed by atoms with Crippen LogP contribution in [0.3, 0.4) is 0 Å². The number of phosphoric ester groups is 3. The van der Waals surface area contributed by atoms with Gasteiger partial charge in [0.25, 0.3) is 0 Å². The molecule has 2 aliphatic rings. The van der Waals surface area contributed by atoms with Crippen molar-refractivity contribution in [2.24, 2.45) is 10.8 Å². The molecule has 0 aromatic carbocycles. The molecule has 1 aliphatic carbocycles. The second-order valence-corrected chi connectivity index (χ2v) is 23.0. The molecule has 0 spiro atoms. The summed E-state index contributed by atoms with van der Waals surface area (Å²) in [6.45, 7) is 11.0. The van der Waals surface area contributed by atoms with Gasteiger partial charge in [-0.15, -0.1) is 0 Å².